The molecule has 2 aromatic rings. The molecule has 1 amide bonds. The molecule has 1 aromatic heterocycles. The lowest BCUT2D eigenvalue weighted by molar-refractivity contribution is -0.137. The summed E-state index contributed by atoms with van der Waals surface area (Å²) in [5, 5.41) is 12.3. The van der Waals surface area contributed by atoms with Crippen LogP contribution in [0.1, 0.15) is 40.4 Å². The summed E-state index contributed by atoms with van der Waals surface area (Å²) in [4.78, 5) is 16.7. The van der Waals surface area contributed by atoms with Crippen LogP contribution in [0.4, 0.5) is 13.2 Å². The summed E-state index contributed by atoms with van der Waals surface area (Å²) >= 11 is 0. The third-order valence-corrected chi connectivity index (χ3v) is 4.71. The van der Waals surface area contributed by atoms with E-state index in [4.69, 9.17) is 4.74 Å². The molecule has 27 heavy (non-hydrogen) atoms. The van der Waals surface area contributed by atoms with Gasteiger partial charge in [-0.05, 0) is 36.5 Å². The second-order valence-corrected chi connectivity index (χ2v) is 6.51. The molecule has 0 spiro atoms. The number of hydrogen-bond donors (Lipinski definition) is 2. The summed E-state index contributed by atoms with van der Waals surface area (Å²) in [7, 11) is 1.47. The molecule has 0 saturated heterocycles. The summed E-state index contributed by atoms with van der Waals surface area (Å²) in [5.74, 6) is -0.512. The molecule has 144 valence electrons. The lowest BCUT2D eigenvalue weighted by atomic mass is 9.75. The van der Waals surface area contributed by atoms with Crippen LogP contribution in [-0.4, -0.2) is 29.2 Å². The van der Waals surface area contributed by atoms with E-state index in [9.17, 15) is 23.1 Å². The minimum Gasteiger partial charge on any atom is -0.481 e. The number of carbonyl (C=O) groups is 1. The van der Waals surface area contributed by atoms with Gasteiger partial charge in [0.2, 0.25) is 5.88 Å². The van der Waals surface area contributed by atoms with Gasteiger partial charge in [0, 0.05) is 12.3 Å². The van der Waals surface area contributed by atoms with Crippen molar-refractivity contribution in [2.75, 3.05) is 7.11 Å². The van der Waals surface area contributed by atoms with Crippen LogP contribution >= 0.6 is 0 Å². The van der Waals surface area contributed by atoms with Crippen LogP contribution in [0.3, 0.4) is 0 Å². The third-order valence-electron chi connectivity index (χ3n) is 4.71. The molecule has 1 atom stereocenters. The first-order valence-corrected chi connectivity index (χ1v) is 8.44. The Kier molecular flexibility index (Phi) is 5.36. The van der Waals surface area contributed by atoms with Crippen molar-refractivity contribution in [3.05, 3.63) is 59.3 Å². The molecule has 1 fully saturated rings. The predicted molar refractivity (Wildman–Crippen MR) is 91.2 cm³/mol. The number of nitrogens with zero attached hydrogens (tertiary/aromatic N) is 1. The Morgan fingerprint density at radius 1 is 1.26 bits per heavy atom. The first-order chi connectivity index (χ1) is 12.8. The third kappa shape index (κ3) is 4.21. The molecule has 1 saturated carbocycles. The number of amides is 1. The molecule has 1 heterocycles. The number of hydrogen-bond acceptors (Lipinski definition) is 4. The van der Waals surface area contributed by atoms with Gasteiger partial charge in [-0.2, -0.15) is 13.2 Å². The van der Waals surface area contributed by atoms with Gasteiger partial charge in [-0.25, -0.2) is 4.98 Å². The van der Waals surface area contributed by atoms with Crippen molar-refractivity contribution in [1.29, 1.82) is 0 Å². The van der Waals surface area contributed by atoms with Crippen LogP contribution in [0.25, 0.3) is 0 Å². The number of halogens is 3. The molecule has 1 unspecified atom stereocenters. The average molecular weight is 380 g/mol. The average Bonchev–Trinajstić information content (AvgIpc) is 2.63. The zero-order valence-corrected chi connectivity index (χ0v) is 14.5. The maximum Gasteiger partial charge on any atom is 0.417 e. The minimum atomic E-state index is -4.63. The van der Waals surface area contributed by atoms with E-state index in [1.165, 1.54) is 25.4 Å². The van der Waals surface area contributed by atoms with E-state index in [1.807, 2.05) is 0 Å². The number of benzene rings is 1. The fourth-order valence-electron chi connectivity index (χ4n) is 3.22. The normalized spacial score (nSPS) is 20.5. The number of rotatable bonds is 5. The van der Waals surface area contributed by atoms with Gasteiger partial charge in [0.25, 0.3) is 5.91 Å². The summed E-state index contributed by atoms with van der Waals surface area (Å²) in [6.07, 6.45) is -2.67. The second kappa shape index (κ2) is 7.56. The van der Waals surface area contributed by atoms with E-state index in [2.05, 4.69) is 10.3 Å². The van der Waals surface area contributed by atoms with Gasteiger partial charge in [-0.1, -0.05) is 18.2 Å². The molecule has 3 rings (SSSR count). The molecule has 2 N–H and O–H groups in total. The van der Waals surface area contributed by atoms with Crippen LogP contribution in [-0.2, 0) is 6.18 Å². The number of alkyl halides is 3. The van der Waals surface area contributed by atoms with Crippen molar-refractivity contribution in [1.82, 2.24) is 10.3 Å². The highest BCUT2D eigenvalue weighted by Gasteiger charge is 2.38. The number of nitrogens with one attached hydrogen (secondary N) is 1. The highest BCUT2D eigenvalue weighted by Crippen LogP contribution is 2.39. The zero-order valence-electron chi connectivity index (χ0n) is 14.5. The predicted octanol–water partition coefficient (Wildman–Crippen LogP) is 3.35. The second-order valence-electron chi connectivity index (χ2n) is 6.51. The molecular weight excluding hydrogens is 361 g/mol. The van der Waals surface area contributed by atoms with Gasteiger partial charge >= 0.3 is 6.18 Å². The quantitative estimate of drug-likeness (QED) is 0.835. The Labute approximate surface area is 154 Å². The van der Waals surface area contributed by atoms with Crippen molar-refractivity contribution >= 4 is 5.91 Å². The Hall–Kier alpha value is -2.61. The van der Waals surface area contributed by atoms with E-state index in [-0.39, 0.29) is 5.92 Å². The Morgan fingerprint density at radius 2 is 1.96 bits per heavy atom. The van der Waals surface area contributed by atoms with Crippen molar-refractivity contribution in [3.8, 4) is 5.88 Å². The number of aromatic nitrogens is 1. The first kappa shape index (κ1) is 19.2. The lowest BCUT2D eigenvalue weighted by Crippen LogP contribution is -2.41. The Morgan fingerprint density at radius 3 is 2.52 bits per heavy atom. The molecule has 5 nitrogen and oxygen atoms in total. The summed E-state index contributed by atoms with van der Waals surface area (Å²) in [6.45, 7) is 0. The van der Waals surface area contributed by atoms with Crippen molar-refractivity contribution in [2.24, 2.45) is 5.92 Å². The number of methoxy groups -OCH3 is 1. The van der Waals surface area contributed by atoms with Crippen LogP contribution in [0.15, 0.2) is 42.6 Å². The largest absolute Gasteiger partial charge is 0.481 e. The van der Waals surface area contributed by atoms with E-state index in [1.54, 1.807) is 12.1 Å². The fourth-order valence-corrected chi connectivity index (χ4v) is 3.22. The molecule has 1 aliphatic rings. The van der Waals surface area contributed by atoms with Crippen molar-refractivity contribution in [3.63, 3.8) is 0 Å². The molecule has 0 aliphatic heterocycles. The lowest BCUT2D eigenvalue weighted by Gasteiger charge is -2.38. The number of pyridine rings is 1. The first-order valence-electron chi connectivity index (χ1n) is 8.44. The molecule has 0 bridgehead atoms. The van der Waals surface area contributed by atoms with E-state index < -0.39 is 35.4 Å². The number of aliphatic hydroxyl groups excluding tert-OH is 1. The van der Waals surface area contributed by atoms with Crippen LogP contribution in [0.5, 0.6) is 5.88 Å². The SMILES string of the molecule is COc1ccc(C(NC(=O)c2ccccc2C(F)(F)F)C2CC(O)C2)cn1. The maximum atomic E-state index is 13.2. The van der Waals surface area contributed by atoms with Gasteiger partial charge in [-0.3, -0.25) is 4.79 Å². The van der Waals surface area contributed by atoms with Gasteiger partial charge in [0.1, 0.15) is 0 Å². The van der Waals surface area contributed by atoms with Crippen LogP contribution < -0.4 is 10.1 Å². The Balaban J connectivity index is 1.87. The van der Waals surface area contributed by atoms with Gasteiger partial charge < -0.3 is 15.2 Å². The number of aliphatic hydroxyl groups is 1. The summed E-state index contributed by atoms with van der Waals surface area (Å²) in [5.41, 5.74) is -0.773. The van der Waals surface area contributed by atoms with Crippen LogP contribution in [0, 0.1) is 5.92 Å². The van der Waals surface area contributed by atoms with Gasteiger partial charge in [0.05, 0.1) is 30.4 Å². The van der Waals surface area contributed by atoms with Crippen molar-refractivity contribution < 1.29 is 27.8 Å². The molecule has 8 heteroatoms. The highest BCUT2D eigenvalue weighted by molar-refractivity contribution is 5.96. The minimum absolute atomic E-state index is 0.0859. The molecule has 1 aliphatic carbocycles. The standard InChI is InChI=1S/C19H19F3N2O3/c1-27-16-7-6-11(10-23-16)17(12-8-13(25)9-12)24-18(26)14-4-2-3-5-15(14)19(20,21)22/h2-7,10,12-13,17,25H,8-9H2,1H3,(H,24,26). The molecular formula is C19H19F3N2O3. The monoisotopic (exact) mass is 380 g/mol. The topological polar surface area (TPSA) is 71.5 Å². The number of ether oxygens (including phenoxy) is 1. The summed E-state index contributed by atoms with van der Waals surface area (Å²) in [6, 6.07) is 7.43. The van der Waals surface area contributed by atoms with Gasteiger partial charge in [-0.15, -0.1) is 0 Å². The smallest absolute Gasteiger partial charge is 0.417 e. The highest BCUT2D eigenvalue weighted by atomic mass is 19.4. The van der Waals surface area contributed by atoms with Crippen molar-refractivity contribution in [2.45, 2.75) is 31.2 Å². The van der Waals surface area contributed by atoms with E-state index in [0.717, 1.165) is 12.1 Å². The van der Waals surface area contributed by atoms with Gasteiger partial charge in [0.15, 0.2) is 0 Å². The Bertz CT molecular complexity index is 803. The van der Waals surface area contributed by atoms with Crippen LogP contribution in [0.2, 0.25) is 0 Å². The molecule has 1 aromatic carbocycles. The maximum absolute atomic E-state index is 13.2. The zero-order chi connectivity index (χ0) is 19.6. The summed E-state index contributed by atoms with van der Waals surface area (Å²) < 4.78 is 44.6. The molecule has 0 radical (unpaired) electrons. The number of carbonyl (C=O) groups excluding carboxylic acids is 1. The fraction of sp³-hybridized carbons (Fsp3) is 0.368. The van der Waals surface area contributed by atoms with E-state index >= 15 is 0 Å². The van der Waals surface area contributed by atoms with E-state index in [0.29, 0.717) is 24.3 Å².